The van der Waals surface area contributed by atoms with Gasteiger partial charge in [-0.3, -0.25) is 9.55 Å². The first-order valence-electron chi connectivity index (χ1n) is 5.33. The van der Waals surface area contributed by atoms with Gasteiger partial charge in [-0.15, -0.1) is 0 Å². The molecule has 0 aliphatic heterocycles. The number of anilines is 1. The minimum absolute atomic E-state index is 0.318. The fraction of sp³-hybridized carbons (Fsp3) is 0.273. The average molecular weight is 310 g/mol. The van der Waals surface area contributed by atoms with Crippen LogP contribution in [0, 0.1) is 6.92 Å². The molecule has 2 aromatic rings. The summed E-state index contributed by atoms with van der Waals surface area (Å²) < 4.78 is 2.36. The van der Waals surface area contributed by atoms with E-state index in [9.17, 15) is 4.79 Å². The third kappa shape index (κ3) is 2.56. The lowest BCUT2D eigenvalue weighted by atomic mass is 10.2. The molecule has 0 spiro atoms. The van der Waals surface area contributed by atoms with Gasteiger partial charge in [-0.25, -0.2) is 9.78 Å². The highest BCUT2D eigenvalue weighted by molar-refractivity contribution is 9.10. The summed E-state index contributed by atoms with van der Waals surface area (Å²) in [6.07, 6.45) is 3.19. The first-order chi connectivity index (χ1) is 8.61. The maximum Gasteiger partial charge on any atom is 0.352 e. The van der Waals surface area contributed by atoms with Gasteiger partial charge in [0.2, 0.25) is 5.95 Å². The summed E-state index contributed by atoms with van der Waals surface area (Å²) in [4.78, 5) is 23.8. The Bertz CT molecular complexity index is 605. The van der Waals surface area contributed by atoms with Crippen molar-refractivity contribution in [3.8, 4) is 0 Å². The Kier molecular flexibility index (Phi) is 3.71. The highest BCUT2D eigenvalue weighted by Crippen LogP contribution is 2.18. The van der Waals surface area contributed by atoms with E-state index in [-0.39, 0.29) is 5.69 Å². The van der Waals surface area contributed by atoms with E-state index in [1.54, 1.807) is 13.2 Å². The molecule has 18 heavy (non-hydrogen) atoms. The van der Waals surface area contributed by atoms with Gasteiger partial charge in [0.15, 0.2) is 0 Å². The van der Waals surface area contributed by atoms with Crippen LogP contribution in [0.5, 0.6) is 0 Å². The third-order valence-electron chi connectivity index (χ3n) is 2.53. The number of nitrogens with one attached hydrogen (secondary N) is 1. The van der Waals surface area contributed by atoms with Crippen LogP contribution in [0.15, 0.2) is 27.9 Å². The lowest BCUT2D eigenvalue weighted by Gasteiger charge is -2.09. The highest BCUT2D eigenvalue weighted by atomic mass is 79.9. The van der Waals surface area contributed by atoms with Crippen molar-refractivity contribution in [2.24, 2.45) is 0 Å². The molecule has 2 heterocycles. The number of rotatable bonds is 3. The van der Waals surface area contributed by atoms with Gasteiger partial charge < -0.3 is 5.32 Å². The van der Waals surface area contributed by atoms with Crippen LogP contribution in [0.1, 0.15) is 11.3 Å². The molecule has 0 atom stereocenters. The molecule has 1 N–H and O–H groups in total. The van der Waals surface area contributed by atoms with E-state index in [0.717, 1.165) is 15.7 Å². The predicted octanol–water partition coefficient (Wildman–Crippen LogP) is 1.19. The number of pyridine rings is 1. The van der Waals surface area contributed by atoms with Crippen LogP contribution in [0.25, 0.3) is 0 Å². The Morgan fingerprint density at radius 2 is 2.22 bits per heavy atom. The maximum absolute atomic E-state index is 11.8. The van der Waals surface area contributed by atoms with Crippen molar-refractivity contribution in [1.29, 1.82) is 0 Å². The van der Waals surface area contributed by atoms with E-state index in [0.29, 0.717) is 12.5 Å². The van der Waals surface area contributed by atoms with Crippen LogP contribution in [0.2, 0.25) is 0 Å². The van der Waals surface area contributed by atoms with Crippen molar-refractivity contribution in [2.45, 2.75) is 13.5 Å². The number of hydrogen-bond donors (Lipinski definition) is 1. The topological polar surface area (TPSA) is 72.7 Å². The smallest absolute Gasteiger partial charge is 0.352 e. The second-order valence-corrected chi connectivity index (χ2v) is 4.55. The van der Waals surface area contributed by atoms with Gasteiger partial charge in [-0.2, -0.15) is 4.98 Å². The summed E-state index contributed by atoms with van der Waals surface area (Å²) in [5.41, 5.74) is 1.47. The SMILES string of the molecule is CNc1ncn(Cc2c(Br)ccnc2C)c(=O)n1. The van der Waals surface area contributed by atoms with Crippen molar-refractivity contribution in [3.05, 3.63) is 44.8 Å². The molecule has 6 nitrogen and oxygen atoms in total. The molecule has 2 aromatic heterocycles. The zero-order valence-corrected chi connectivity index (χ0v) is 11.6. The van der Waals surface area contributed by atoms with E-state index >= 15 is 0 Å². The molecule has 0 amide bonds. The highest BCUT2D eigenvalue weighted by Gasteiger charge is 2.07. The Hall–Kier alpha value is -1.76. The van der Waals surface area contributed by atoms with Gasteiger partial charge in [0.05, 0.1) is 6.54 Å². The van der Waals surface area contributed by atoms with Crippen LogP contribution in [0.3, 0.4) is 0 Å². The number of hydrogen-bond acceptors (Lipinski definition) is 5. The fourth-order valence-electron chi connectivity index (χ4n) is 1.51. The number of aryl methyl sites for hydroxylation is 1. The van der Waals surface area contributed by atoms with E-state index in [2.05, 4.69) is 36.2 Å². The monoisotopic (exact) mass is 309 g/mol. The summed E-state index contributed by atoms with van der Waals surface area (Å²) in [6, 6.07) is 1.84. The van der Waals surface area contributed by atoms with Crippen molar-refractivity contribution in [2.75, 3.05) is 12.4 Å². The first-order valence-corrected chi connectivity index (χ1v) is 6.12. The van der Waals surface area contributed by atoms with Crippen LogP contribution in [-0.2, 0) is 6.54 Å². The Morgan fingerprint density at radius 1 is 1.44 bits per heavy atom. The Balaban J connectivity index is 2.38. The van der Waals surface area contributed by atoms with Crippen LogP contribution >= 0.6 is 15.9 Å². The normalized spacial score (nSPS) is 10.4. The molecule has 0 saturated heterocycles. The zero-order chi connectivity index (χ0) is 13.1. The number of halogens is 1. The summed E-state index contributed by atoms with van der Waals surface area (Å²) in [5.74, 6) is 0.318. The lowest BCUT2D eigenvalue weighted by Crippen LogP contribution is -2.25. The predicted molar refractivity (Wildman–Crippen MR) is 71.6 cm³/mol. The molecular weight excluding hydrogens is 298 g/mol. The molecule has 0 bridgehead atoms. The second kappa shape index (κ2) is 5.26. The van der Waals surface area contributed by atoms with Gasteiger partial charge >= 0.3 is 5.69 Å². The van der Waals surface area contributed by atoms with Gasteiger partial charge in [0, 0.05) is 29.0 Å². The second-order valence-electron chi connectivity index (χ2n) is 3.70. The molecular formula is C11H12BrN5O. The molecule has 94 valence electrons. The van der Waals surface area contributed by atoms with Crippen LogP contribution in [0.4, 0.5) is 5.95 Å². The van der Waals surface area contributed by atoms with Gasteiger partial charge in [-0.05, 0) is 13.0 Å². The zero-order valence-electron chi connectivity index (χ0n) is 10.0. The van der Waals surface area contributed by atoms with Gasteiger partial charge in [0.1, 0.15) is 6.33 Å². The minimum atomic E-state index is -0.343. The molecule has 0 aliphatic rings. The van der Waals surface area contributed by atoms with E-state index < -0.39 is 0 Å². The van der Waals surface area contributed by atoms with Crippen LogP contribution < -0.4 is 11.0 Å². The first kappa shape index (κ1) is 12.7. The summed E-state index contributed by atoms with van der Waals surface area (Å²) in [6.45, 7) is 2.29. The van der Waals surface area contributed by atoms with E-state index in [1.807, 2.05) is 13.0 Å². The molecule has 0 aromatic carbocycles. The fourth-order valence-corrected chi connectivity index (χ4v) is 2.04. The summed E-state index contributed by atoms with van der Waals surface area (Å²) in [7, 11) is 1.67. The largest absolute Gasteiger partial charge is 0.357 e. The van der Waals surface area contributed by atoms with E-state index in [1.165, 1.54) is 10.9 Å². The third-order valence-corrected chi connectivity index (χ3v) is 3.28. The molecule has 0 fully saturated rings. The molecule has 2 rings (SSSR count). The minimum Gasteiger partial charge on any atom is -0.357 e. The number of aromatic nitrogens is 4. The average Bonchev–Trinajstić information content (AvgIpc) is 2.35. The molecule has 0 radical (unpaired) electrons. The van der Waals surface area contributed by atoms with Crippen molar-refractivity contribution in [3.63, 3.8) is 0 Å². The summed E-state index contributed by atoms with van der Waals surface area (Å²) in [5, 5.41) is 2.72. The van der Waals surface area contributed by atoms with E-state index in [4.69, 9.17) is 0 Å². The Morgan fingerprint density at radius 3 is 2.83 bits per heavy atom. The number of nitrogens with zero attached hydrogens (tertiary/aromatic N) is 4. The van der Waals surface area contributed by atoms with Crippen molar-refractivity contribution in [1.82, 2.24) is 19.5 Å². The lowest BCUT2D eigenvalue weighted by molar-refractivity contribution is 0.694. The maximum atomic E-state index is 11.8. The van der Waals surface area contributed by atoms with Crippen LogP contribution in [-0.4, -0.2) is 26.6 Å². The van der Waals surface area contributed by atoms with Gasteiger partial charge in [0.25, 0.3) is 0 Å². The Labute approximate surface area is 112 Å². The summed E-state index contributed by atoms with van der Waals surface area (Å²) >= 11 is 3.45. The van der Waals surface area contributed by atoms with Gasteiger partial charge in [-0.1, -0.05) is 15.9 Å². The van der Waals surface area contributed by atoms with Crippen molar-refractivity contribution >= 4 is 21.9 Å². The molecule has 0 saturated carbocycles. The molecule has 0 aliphatic carbocycles. The van der Waals surface area contributed by atoms with Crippen molar-refractivity contribution < 1.29 is 0 Å². The molecule has 7 heteroatoms. The molecule has 0 unspecified atom stereocenters. The standard InChI is InChI=1S/C11H12BrN5O/c1-7-8(9(12)3-4-14-7)5-17-6-15-10(13-2)16-11(17)18/h3-4,6H,5H2,1-2H3,(H,13,16,18). The quantitative estimate of drug-likeness (QED) is 0.922.